The summed E-state index contributed by atoms with van der Waals surface area (Å²) in [6.45, 7) is 2.21. The molecule has 0 unspecified atom stereocenters. The number of nitrogens with zero attached hydrogens (tertiary/aromatic N) is 2. The Labute approximate surface area is 112 Å². The number of hydrogen-bond acceptors (Lipinski definition) is 3. The smallest absolute Gasteiger partial charge is 0.131 e. The fraction of sp³-hybridized carbons (Fsp3) is 0.357. The molecule has 0 radical (unpaired) electrons. The van der Waals surface area contributed by atoms with Gasteiger partial charge >= 0.3 is 0 Å². The minimum atomic E-state index is -0.329. The molecule has 2 rings (SSSR count). The Morgan fingerprint density at radius 3 is 2.84 bits per heavy atom. The van der Waals surface area contributed by atoms with Crippen LogP contribution < -0.4 is 10.5 Å². The average molecular weight is 263 g/mol. The van der Waals surface area contributed by atoms with Crippen molar-refractivity contribution in [1.82, 2.24) is 9.55 Å². The van der Waals surface area contributed by atoms with Gasteiger partial charge in [0.1, 0.15) is 17.4 Å². The van der Waals surface area contributed by atoms with Crippen molar-refractivity contribution in [2.75, 3.05) is 6.61 Å². The van der Waals surface area contributed by atoms with E-state index in [2.05, 4.69) is 4.98 Å². The molecule has 102 valence electrons. The third-order valence-corrected chi connectivity index (χ3v) is 2.98. The van der Waals surface area contributed by atoms with Gasteiger partial charge in [0.25, 0.3) is 0 Å². The molecular formula is C14H18FN3O. The Hall–Kier alpha value is -1.88. The Bertz CT molecular complexity index is 551. The maximum absolute atomic E-state index is 13.7. The second kappa shape index (κ2) is 5.84. The van der Waals surface area contributed by atoms with E-state index in [9.17, 15) is 4.39 Å². The second-order valence-electron chi connectivity index (χ2n) is 4.52. The number of rotatable bonds is 5. The minimum absolute atomic E-state index is 0.318. The Balaban J connectivity index is 1.93. The van der Waals surface area contributed by atoms with Crippen LogP contribution in [0, 0.1) is 5.82 Å². The van der Waals surface area contributed by atoms with Crippen molar-refractivity contribution in [3.8, 4) is 5.75 Å². The molecule has 1 aromatic heterocycles. The Kier molecular flexibility index (Phi) is 4.16. The number of aryl methyl sites for hydroxylation is 1. The summed E-state index contributed by atoms with van der Waals surface area (Å²) >= 11 is 0. The average Bonchev–Trinajstić information content (AvgIpc) is 2.75. The lowest BCUT2D eigenvalue weighted by molar-refractivity contribution is 0.315. The van der Waals surface area contributed by atoms with Gasteiger partial charge in [-0.25, -0.2) is 9.37 Å². The number of benzene rings is 1. The molecule has 0 saturated carbocycles. The molecule has 1 aromatic carbocycles. The van der Waals surface area contributed by atoms with Crippen molar-refractivity contribution in [3.05, 3.63) is 47.8 Å². The highest BCUT2D eigenvalue weighted by Crippen LogP contribution is 2.20. The third-order valence-electron chi connectivity index (χ3n) is 2.98. The number of hydrogen-bond donors (Lipinski definition) is 1. The predicted molar refractivity (Wildman–Crippen MR) is 71.4 cm³/mol. The minimum Gasteiger partial charge on any atom is -0.493 e. The third kappa shape index (κ3) is 3.32. The van der Waals surface area contributed by atoms with Crippen LogP contribution in [0.1, 0.15) is 24.4 Å². The molecular weight excluding hydrogens is 245 g/mol. The molecule has 0 amide bonds. The maximum Gasteiger partial charge on any atom is 0.131 e. The number of ether oxygens (including phenoxy) is 1. The van der Waals surface area contributed by atoms with Crippen molar-refractivity contribution >= 4 is 0 Å². The predicted octanol–water partition coefficient (Wildman–Crippen LogP) is 2.20. The van der Waals surface area contributed by atoms with Crippen LogP contribution in [0.3, 0.4) is 0 Å². The van der Waals surface area contributed by atoms with Crippen LogP contribution in [0.2, 0.25) is 0 Å². The zero-order valence-corrected chi connectivity index (χ0v) is 11.1. The van der Waals surface area contributed by atoms with E-state index >= 15 is 0 Å². The lowest BCUT2D eigenvalue weighted by Crippen LogP contribution is -2.09. The van der Waals surface area contributed by atoms with E-state index in [4.69, 9.17) is 10.5 Å². The maximum atomic E-state index is 13.7. The van der Waals surface area contributed by atoms with Gasteiger partial charge in [-0.05, 0) is 13.0 Å². The summed E-state index contributed by atoms with van der Waals surface area (Å²) in [4.78, 5) is 4.19. The van der Waals surface area contributed by atoms with Gasteiger partial charge < -0.3 is 15.0 Å². The van der Waals surface area contributed by atoms with Crippen LogP contribution in [0.15, 0.2) is 30.6 Å². The zero-order chi connectivity index (χ0) is 13.8. The van der Waals surface area contributed by atoms with Crippen molar-refractivity contribution < 1.29 is 9.13 Å². The number of halogens is 1. The number of imidazole rings is 1. The first-order chi connectivity index (χ1) is 9.08. The van der Waals surface area contributed by atoms with Crippen LogP contribution in [-0.2, 0) is 13.5 Å². The molecule has 0 saturated heterocycles. The van der Waals surface area contributed by atoms with Gasteiger partial charge in [-0.2, -0.15) is 0 Å². The Morgan fingerprint density at radius 1 is 1.47 bits per heavy atom. The topological polar surface area (TPSA) is 53.1 Å². The van der Waals surface area contributed by atoms with Gasteiger partial charge in [-0.15, -0.1) is 0 Å². The fourth-order valence-corrected chi connectivity index (χ4v) is 1.86. The summed E-state index contributed by atoms with van der Waals surface area (Å²) in [5, 5.41) is 0. The summed E-state index contributed by atoms with van der Waals surface area (Å²) in [5.41, 5.74) is 6.15. The van der Waals surface area contributed by atoms with Gasteiger partial charge in [0.05, 0.1) is 6.61 Å². The first-order valence-electron chi connectivity index (χ1n) is 6.22. The summed E-state index contributed by atoms with van der Waals surface area (Å²) in [6.07, 6.45) is 4.30. The normalized spacial score (nSPS) is 12.4. The highest BCUT2D eigenvalue weighted by atomic mass is 19.1. The van der Waals surface area contributed by atoms with Crippen molar-refractivity contribution in [3.63, 3.8) is 0 Å². The molecule has 0 spiro atoms. The van der Waals surface area contributed by atoms with E-state index in [-0.39, 0.29) is 11.9 Å². The van der Waals surface area contributed by atoms with Crippen LogP contribution in [0.25, 0.3) is 0 Å². The van der Waals surface area contributed by atoms with Gasteiger partial charge in [0, 0.05) is 43.5 Å². The molecule has 2 aromatic rings. The van der Waals surface area contributed by atoms with Gasteiger partial charge in [-0.1, -0.05) is 6.07 Å². The van der Waals surface area contributed by atoms with Gasteiger partial charge in [-0.3, -0.25) is 0 Å². The zero-order valence-electron chi connectivity index (χ0n) is 11.1. The SMILES string of the molecule is C[C@H](N)c1ccc(OCCc2nccn2C)cc1F. The first kappa shape index (κ1) is 13.5. The fourth-order valence-electron chi connectivity index (χ4n) is 1.86. The van der Waals surface area contributed by atoms with Crippen molar-refractivity contribution in [1.29, 1.82) is 0 Å². The van der Waals surface area contributed by atoms with E-state index in [0.29, 0.717) is 24.3 Å². The van der Waals surface area contributed by atoms with Gasteiger partial charge in [0.2, 0.25) is 0 Å². The molecule has 0 aliphatic heterocycles. The van der Waals surface area contributed by atoms with Crippen molar-refractivity contribution in [2.45, 2.75) is 19.4 Å². The highest BCUT2D eigenvalue weighted by molar-refractivity contribution is 5.30. The lowest BCUT2D eigenvalue weighted by atomic mass is 10.1. The van der Waals surface area contributed by atoms with Crippen LogP contribution in [-0.4, -0.2) is 16.2 Å². The van der Waals surface area contributed by atoms with E-state index < -0.39 is 0 Å². The van der Waals surface area contributed by atoms with Gasteiger partial charge in [0.15, 0.2) is 0 Å². The lowest BCUT2D eigenvalue weighted by Gasteiger charge is -2.10. The molecule has 1 atom stereocenters. The van der Waals surface area contributed by atoms with Crippen LogP contribution in [0.4, 0.5) is 4.39 Å². The monoisotopic (exact) mass is 263 g/mol. The van der Waals surface area contributed by atoms with E-state index in [1.165, 1.54) is 6.07 Å². The molecule has 0 fully saturated rings. The molecule has 19 heavy (non-hydrogen) atoms. The quantitative estimate of drug-likeness (QED) is 0.899. The summed E-state index contributed by atoms with van der Waals surface area (Å²) < 4.78 is 21.1. The largest absolute Gasteiger partial charge is 0.493 e. The summed E-state index contributed by atoms with van der Waals surface area (Å²) in [7, 11) is 1.93. The number of aromatic nitrogens is 2. The molecule has 0 aliphatic rings. The molecule has 5 heteroatoms. The number of nitrogens with two attached hydrogens (primary N) is 1. The first-order valence-corrected chi connectivity index (χ1v) is 6.22. The molecule has 0 bridgehead atoms. The van der Waals surface area contributed by atoms with E-state index in [0.717, 1.165) is 5.82 Å². The standard InChI is InChI=1S/C14H18FN3O/c1-10(16)12-4-3-11(9-13(12)15)19-8-5-14-17-6-7-18(14)2/h3-4,6-7,9-10H,5,8,16H2,1-2H3/t10-/m0/s1. The van der Waals surface area contributed by atoms with E-state index in [1.54, 1.807) is 25.3 Å². The second-order valence-corrected chi connectivity index (χ2v) is 4.52. The summed E-state index contributed by atoms with van der Waals surface area (Å²) in [6, 6.07) is 4.45. The molecule has 4 nitrogen and oxygen atoms in total. The Morgan fingerprint density at radius 2 is 2.26 bits per heavy atom. The van der Waals surface area contributed by atoms with Crippen LogP contribution in [0.5, 0.6) is 5.75 Å². The summed E-state index contributed by atoms with van der Waals surface area (Å²) in [5.74, 6) is 1.12. The molecule has 2 N–H and O–H groups in total. The highest BCUT2D eigenvalue weighted by Gasteiger charge is 2.08. The van der Waals surface area contributed by atoms with Crippen LogP contribution >= 0.6 is 0 Å². The van der Waals surface area contributed by atoms with Crippen molar-refractivity contribution in [2.24, 2.45) is 12.8 Å². The molecule has 1 heterocycles. The van der Waals surface area contributed by atoms with E-state index in [1.807, 2.05) is 17.8 Å². The molecule has 0 aliphatic carbocycles.